The molecule has 2 heterocycles. The largest absolute Gasteiger partial charge is 0.346 e. The third-order valence-electron chi connectivity index (χ3n) is 2.58. The summed E-state index contributed by atoms with van der Waals surface area (Å²) in [4.78, 5) is 11.6. The molecule has 1 aromatic carbocycles. The van der Waals surface area contributed by atoms with E-state index in [0.717, 1.165) is 27.9 Å². The Morgan fingerprint density at radius 1 is 1.00 bits per heavy atom. The SMILES string of the molecule is [CH2]c1ccc(-c2ncnc3[nH]ccc23)cc1. The minimum Gasteiger partial charge on any atom is -0.346 e. The molecule has 1 N–H and O–H groups in total. The predicted molar refractivity (Wildman–Crippen MR) is 63.8 cm³/mol. The lowest BCUT2D eigenvalue weighted by atomic mass is 10.1. The molecule has 0 saturated heterocycles. The highest BCUT2D eigenvalue weighted by atomic mass is 14.9. The molecule has 16 heavy (non-hydrogen) atoms. The molecule has 2 aromatic heterocycles. The molecule has 0 saturated carbocycles. The fraction of sp³-hybridized carbons (Fsp3) is 0. The van der Waals surface area contributed by atoms with Crippen molar-refractivity contribution in [3.05, 3.63) is 55.3 Å². The van der Waals surface area contributed by atoms with Crippen molar-refractivity contribution in [2.75, 3.05) is 0 Å². The summed E-state index contributed by atoms with van der Waals surface area (Å²) in [7, 11) is 0. The van der Waals surface area contributed by atoms with Crippen molar-refractivity contribution in [3.63, 3.8) is 0 Å². The monoisotopic (exact) mass is 208 g/mol. The number of nitrogens with one attached hydrogen (secondary N) is 1. The Labute approximate surface area is 93.2 Å². The van der Waals surface area contributed by atoms with Crippen LogP contribution in [-0.2, 0) is 0 Å². The Kier molecular flexibility index (Phi) is 1.96. The van der Waals surface area contributed by atoms with Gasteiger partial charge in [0.2, 0.25) is 0 Å². The summed E-state index contributed by atoms with van der Waals surface area (Å²) in [5, 5.41) is 1.04. The second-order valence-corrected chi connectivity index (χ2v) is 3.66. The lowest BCUT2D eigenvalue weighted by Gasteiger charge is -2.02. The van der Waals surface area contributed by atoms with Crippen LogP contribution in [0.1, 0.15) is 5.56 Å². The summed E-state index contributed by atoms with van der Waals surface area (Å²) in [6, 6.07) is 10.0. The molecule has 0 bridgehead atoms. The second-order valence-electron chi connectivity index (χ2n) is 3.66. The number of hydrogen-bond acceptors (Lipinski definition) is 2. The van der Waals surface area contributed by atoms with Crippen molar-refractivity contribution < 1.29 is 0 Å². The fourth-order valence-corrected chi connectivity index (χ4v) is 1.77. The summed E-state index contributed by atoms with van der Waals surface area (Å²) >= 11 is 0. The maximum absolute atomic E-state index is 4.33. The first-order chi connectivity index (χ1) is 7.84. The van der Waals surface area contributed by atoms with Gasteiger partial charge in [-0.1, -0.05) is 24.3 Å². The van der Waals surface area contributed by atoms with Gasteiger partial charge in [-0.05, 0) is 18.6 Å². The quantitative estimate of drug-likeness (QED) is 0.668. The molecule has 3 aromatic rings. The Morgan fingerprint density at radius 2 is 1.81 bits per heavy atom. The first kappa shape index (κ1) is 9.09. The van der Waals surface area contributed by atoms with E-state index >= 15 is 0 Å². The summed E-state index contributed by atoms with van der Waals surface area (Å²) in [5.74, 6) is 0. The number of aromatic amines is 1. The van der Waals surface area contributed by atoms with E-state index in [1.165, 1.54) is 0 Å². The van der Waals surface area contributed by atoms with Crippen LogP contribution in [-0.4, -0.2) is 15.0 Å². The summed E-state index contributed by atoms with van der Waals surface area (Å²) in [5.41, 5.74) is 3.90. The number of fused-ring (bicyclic) bond motifs is 1. The van der Waals surface area contributed by atoms with E-state index in [-0.39, 0.29) is 0 Å². The average Bonchev–Trinajstić information content (AvgIpc) is 2.78. The van der Waals surface area contributed by atoms with Gasteiger partial charge < -0.3 is 4.98 Å². The van der Waals surface area contributed by atoms with Crippen molar-refractivity contribution in [1.82, 2.24) is 15.0 Å². The van der Waals surface area contributed by atoms with Gasteiger partial charge in [0.05, 0.1) is 5.69 Å². The Morgan fingerprint density at radius 3 is 2.62 bits per heavy atom. The molecule has 0 spiro atoms. The van der Waals surface area contributed by atoms with Crippen LogP contribution in [0.15, 0.2) is 42.9 Å². The van der Waals surface area contributed by atoms with E-state index in [9.17, 15) is 0 Å². The molecule has 3 nitrogen and oxygen atoms in total. The summed E-state index contributed by atoms with van der Waals surface area (Å²) < 4.78 is 0. The number of aromatic nitrogens is 3. The van der Waals surface area contributed by atoms with Crippen LogP contribution < -0.4 is 0 Å². The summed E-state index contributed by atoms with van der Waals surface area (Å²) in [6.07, 6.45) is 3.45. The molecule has 0 unspecified atom stereocenters. The van der Waals surface area contributed by atoms with Crippen LogP contribution in [0, 0.1) is 6.92 Å². The lowest BCUT2D eigenvalue weighted by molar-refractivity contribution is 1.20. The zero-order valence-corrected chi connectivity index (χ0v) is 8.64. The van der Waals surface area contributed by atoms with Crippen LogP contribution in [0.5, 0.6) is 0 Å². The standard InChI is InChI=1S/C13H10N3/c1-9-2-4-10(5-3-9)12-11-6-7-14-13(11)16-8-15-12/h2-8H,1H2,(H,14,15,16). The van der Waals surface area contributed by atoms with Crippen LogP contribution in [0.3, 0.4) is 0 Å². The lowest BCUT2D eigenvalue weighted by Crippen LogP contribution is -1.87. The van der Waals surface area contributed by atoms with Crippen molar-refractivity contribution in [2.24, 2.45) is 0 Å². The maximum atomic E-state index is 4.33. The smallest absolute Gasteiger partial charge is 0.141 e. The van der Waals surface area contributed by atoms with Crippen LogP contribution in [0.4, 0.5) is 0 Å². The molecule has 3 rings (SSSR count). The van der Waals surface area contributed by atoms with Crippen molar-refractivity contribution in [2.45, 2.75) is 0 Å². The molecule has 0 aliphatic carbocycles. The molecule has 0 aliphatic heterocycles. The van der Waals surface area contributed by atoms with Gasteiger partial charge in [-0.2, -0.15) is 0 Å². The molecule has 0 atom stereocenters. The zero-order valence-electron chi connectivity index (χ0n) is 8.64. The molecular weight excluding hydrogens is 198 g/mol. The van der Waals surface area contributed by atoms with Crippen LogP contribution in [0.2, 0.25) is 0 Å². The molecule has 0 amide bonds. The van der Waals surface area contributed by atoms with Crippen molar-refractivity contribution >= 4 is 11.0 Å². The van der Waals surface area contributed by atoms with E-state index in [2.05, 4.69) is 21.9 Å². The minimum atomic E-state index is 0.865. The normalized spacial score (nSPS) is 10.8. The van der Waals surface area contributed by atoms with E-state index < -0.39 is 0 Å². The highest BCUT2D eigenvalue weighted by molar-refractivity contribution is 5.90. The predicted octanol–water partition coefficient (Wildman–Crippen LogP) is 2.81. The number of nitrogens with zero attached hydrogens (tertiary/aromatic N) is 2. The zero-order chi connectivity index (χ0) is 11.0. The topological polar surface area (TPSA) is 41.6 Å². The Bertz CT molecular complexity index is 623. The van der Waals surface area contributed by atoms with E-state index in [1.807, 2.05) is 36.5 Å². The molecule has 0 aliphatic rings. The number of H-pyrrole nitrogens is 1. The molecular formula is C13H10N3. The second kappa shape index (κ2) is 3.45. The van der Waals surface area contributed by atoms with Gasteiger partial charge in [0.1, 0.15) is 12.0 Å². The highest BCUT2D eigenvalue weighted by Gasteiger charge is 2.05. The number of rotatable bonds is 1. The maximum Gasteiger partial charge on any atom is 0.141 e. The van der Waals surface area contributed by atoms with Crippen molar-refractivity contribution in [1.29, 1.82) is 0 Å². The first-order valence-electron chi connectivity index (χ1n) is 5.05. The van der Waals surface area contributed by atoms with Gasteiger partial charge in [0.15, 0.2) is 0 Å². The van der Waals surface area contributed by atoms with Gasteiger partial charge in [0.25, 0.3) is 0 Å². The van der Waals surface area contributed by atoms with Gasteiger partial charge in [-0.15, -0.1) is 0 Å². The number of hydrogen-bond donors (Lipinski definition) is 1. The number of benzene rings is 1. The first-order valence-corrected chi connectivity index (χ1v) is 5.05. The molecule has 77 valence electrons. The average molecular weight is 208 g/mol. The Balaban J connectivity index is 2.25. The van der Waals surface area contributed by atoms with E-state index in [1.54, 1.807) is 6.33 Å². The van der Waals surface area contributed by atoms with Gasteiger partial charge in [-0.3, -0.25) is 0 Å². The third-order valence-corrected chi connectivity index (χ3v) is 2.58. The van der Waals surface area contributed by atoms with Gasteiger partial charge in [0, 0.05) is 17.1 Å². The van der Waals surface area contributed by atoms with Gasteiger partial charge in [-0.25, -0.2) is 9.97 Å². The molecule has 0 fully saturated rings. The van der Waals surface area contributed by atoms with Crippen molar-refractivity contribution in [3.8, 4) is 11.3 Å². The molecule has 1 radical (unpaired) electrons. The fourth-order valence-electron chi connectivity index (χ4n) is 1.77. The Hall–Kier alpha value is -2.16. The molecule has 3 heteroatoms. The van der Waals surface area contributed by atoms with Crippen LogP contribution >= 0.6 is 0 Å². The van der Waals surface area contributed by atoms with E-state index in [0.29, 0.717) is 0 Å². The van der Waals surface area contributed by atoms with E-state index in [4.69, 9.17) is 0 Å². The van der Waals surface area contributed by atoms with Gasteiger partial charge >= 0.3 is 0 Å². The highest BCUT2D eigenvalue weighted by Crippen LogP contribution is 2.24. The third kappa shape index (κ3) is 1.37. The summed E-state index contributed by atoms with van der Waals surface area (Å²) in [6.45, 7) is 3.87. The minimum absolute atomic E-state index is 0.865. The van der Waals surface area contributed by atoms with Crippen LogP contribution in [0.25, 0.3) is 22.3 Å².